The van der Waals surface area contributed by atoms with Crippen molar-refractivity contribution in [3.8, 4) is 0 Å². The van der Waals surface area contributed by atoms with Crippen LogP contribution in [0.25, 0.3) is 23.3 Å². The Bertz CT molecular complexity index is 746. The van der Waals surface area contributed by atoms with E-state index in [1.165, 1.54) is 12.1 Å². The molecular weight excluding hydrogens is 265 g/mol. The largest absolute Gasteiger partial charge is 0.437 e. The van der Waals surface area contributed by atoms with Gasteiger partial charge in [0, 0.05) is 11.1 Å². The quantitative estimate of drug-likeness (QED) is 0.671. The number of rotatable bonds is 2. The van der Waals surface area contributed by atoms with E-state index < -0.39 is 0 Å². The minimum Gasteiger partial charge on any atom is -0.437 e. The summed E-state index contributed by atoms with van der Waals surface area (Å²) in [5, 5.41) is 0.620. The topological polar surface area (TPSA) is 26.0 Å². The van der Waals surface area contributed by atoms with Crippen molar-refractivity contribution in [2.24, 2.45) is 0 Å². The first kappa shape index (κ1) is 11.9. The maximum Gasteiger partial charge on any atom is 0.220 e. The van der Waals surface area contributed by atoms with Gasteiger partial charge >= 0.3 is 0 Å². The molecule has 19 heavy (non-hydrogen) atoms. The summed E-state index contributed by atoms with van der Waals surface area (Å²) < 4.78 is 18.3. The summed E-state index contributed by atoms with van der Waals surface area (Å²) in [5.41, 5.74) is 2.27. The second-order valence-electron chi connectivity index (χ2n) is 4.05. The number of aromatic nitrogens is 1. The Labute approximate surface area is 114 Å². The fraction of sp³-hybridized carbons (Fsp3) is 0. The van der Waals surface area contributed by atoms with E-state index in [2.05, 4.69) is 4.98 Å². The average molecular weight is 274 g/mol. The fourth-order valence-electron chi connectivity index (χ4n) is 1.73. The Balaban J connectivity index is 1.90. The summed E-state index contributed by atoms with van der Waals surface area (Å²) in [5.74, 6) is 0.232. The number of benzene rings is 2. The third kappa shape index (κ3) is 2.66. The van der Waals surface area contributed by atoms with Crippen molar-refractivity contribution in [3.63, 3.8) is 0 Å². The summed E-state index contributed by atoms with van der Waals surface area (Å²) in [6.45, 7) is 0. The third-order valence-electron chi connectivity index (χ3n) is 2.65. The SMILES string of the molecule is Fc1ccc(C=Cc2nc3cc(Cl)ccc3o2)cc1. The van der Waals surface area contributed by atoms with Crippen molar-refractivity contribution in [2.75, 3.05) is 0 Å². The molecule has 0 bridgehead atoms. The molecule has 0 aliphatic rings. The van der Waals surface area contributed by atoms with Gasteiger partial charge in [-0.05, 0) is 42.0 Å². The van der Waals surface area contributed by atoms with Gasteiger partial charge in [0.05, 0.1) is 0 Å². The molecule has 0 radical (unpaired) electrons. The van der Waals surface area contributed by atoms with E-state index in [1.54, 1.807) is 36.4 Å². The van der Waals surface area contributed by atoms with Gasteiger partial charge < -0.3 is 4.42 Å². The van der Waals surface area contributed by atoms with Gasteiger partial charge in [-0.2, -0.15) is 0 Å². The molecule has 3 aromatic rings. The molecular formula is C15H9ClFNO. The van der Waals surface area contributed by atoms with Gasteiger partial charge in [-0.25, -0.2) is 9.37 Å². The molecule has 94 valence electrons. The fourth-order valence-corrected chi connectivity index (χ4v) is 1.90. The van der Waals surface area contributed by atoms with Crippen LogP contribution in [0, 0.1) is 5.82 Å². The highest BCUT2D eigenvalue weighted by atomic mass is 35.5. The van der Waals surface area contributed by atoms with Crippen LogP contribution in [0.2, 0.25) is 5.02 Å². The molecule has 0 amide bonds. The van der Waals surface area contributed by atoms with Gasteiger partial charge in [0.2, 0.25) is 5.89 Å². The maximum absolute atomic E-state index is 12.8. The lowest BCUT2D eigenvalue weighted by Gasteiger charge is -1.91. The molecule has 0 spiro atoms. The summed E-state index contributed by atoms with van der Waals surface area (Å²) >= 11 is 5.88. The van der Waals surface area contributed by atoms with E-state index in [-0.39, 0.29) is 5.82 Å². The molecule has 2 nitrogen and oxygen atoms in total. The summed E-state index contributed by atoms with van der Waals surface area (Å²) in [4.78, 5) is 4.29. The Morgan fingerprint density at radius 2 is 1.84 bits per heavy atom. The average Bonchev–Trinajstić information content (AvgIpc) is 2.80. The molecule has 0 saturated carbocycles. The van der Waals surface area contributed by atoms with Crippen LogP contribution < -0.4 is 0 Å². The van der Waals surface area contributed by atoms with Crippen LogP contribution in [-0.4, -0.2) is 4.98 Å². The van der Waals surface area contributed by atoms with Crippen LogP contribution in [0.15, 0.2) is 46.9 Å². The van der Waals surface area contributed by atoms with Crippen LogP contribution in [0.5, 0.6) is 0 Å². The second-order valence-corrected chi connectivity index (χ2v) is 4.49. The zero-order chi connectivity index (χ0) is 13.2. The van der Waals surface area contributed by atoms with Crippen LogP contribution in [-0.2, 0) is 0 Å². The van der Waals surface area contributed by atoms with Crippen molar-refractivity contribution in [3.05, 3.63) is 64.8 Å². The molecule has 1 heterocycles. The van der Waals surface area contributed by atoms with E-state index >= 15 is 0 Å². The van der Waals surface area contributed by atoms with Gasteiger partial charge in [0.25, 0.3) is 0 Å². The first-order chi connectivity index (χ1) is 9.20. The molecule has 0 N–H and O–H groups in total. The molecule has 1 aromatic heterocycles. The maximum atomic E-state index is 12.8. The van der Waals surface area contributed by atoms with Crippen LogP contribution in [0.3, 0.4) is 0 Å². The van der Waals surface area contributed by atoms with E-state index in [4.69, 9.17) is 16.0 Å². The molecule has 0 aliphatic carbocycles. The monoisotopic (exact) mass is 273 g/mol. The summed E-state index contributed by atoms with van der Waals surface area (Å²) in [6.07, 6.45) is 3.55. The summed E-state index contributed by atoms with van der Waals surface area (Å²) in [6, 6.07) is 11.5. The minimum atomic E-state index is -0.256. The van der Waals surface area contributed by atoms with Crippen molar-refractivity contribution in [2.45, 2.75) is 0 Å². The van der Waals surface area contributed by atoms with Gasteiger partial charge in [-0.3, -0.25) is 0 Å². The predicted molar refractivity (Wildman–Crippen MR) is 74.3 cm³/mol. The number of hydrogen-bond acceptors (Lipinski definition) is 2. The van der Waals surface area contributed by atoms with E-state index in [0.717, 1.165) is 5.56 Å². The van der Waals surface area contributed by atoms with E-state index in [9.17, 15) is 4.39 Å². The Kier molecular flexibility index (Phi) is 3.05. The van der Waals surface area contributed by atoms with Crippen LogP contribution in [0.1, 0.15) is 11.5 Å². The van der Waals surface area contributed by atoms with E-state index in [1.807, 2.05) is 6.08 Å². The highest BCUT2D eigenvalue weighted by Crippen LogP contribution is 2.21. The molecule has 3 rings (SSSR count). The number of hydrogen-bond donors (Lipinski definition) is 0. The van der Waals surface area contributed by atoms with Crippen molar-refractivity contribution < 1.29 is 8.81 Å². The first-order valence-electron chi connectivity index (χ1n) is 5.70. The van der Waals surface area contributed by atoms with E-state index in [0.29, 0.717) is 22.0 Å². The Hall–Kier alpha value is -2.13. The van der Waals surface area contributed by atoms with Crippen molar-refractivity contribution in [1.82, 2.24) is 4.98 Å². The van der Waals surface area contributed by atoms with Crippen molar-refractivity contribution >= 4 is 34.9 Å². The normalized spacial score (nSPS) is 11.5. The van der Waals surface area contributed by atoms with Crippen LogP contribution in [0.4, 0.5) is 4.39 Å². The second kappa shape index (κ2) is 4.86. The number of oxazole rings is 1. The highest BCUT2D eigenvalue weighted by Gasteiger charge is 2.03. The smallest absolute Gasteiger partial charge is 0.220 e. The minimum absolute atomic E-state index is 0.256. The molecule has 2 aromatic carbocycles. The zero-order valence-corrected chi connectivity index (χ0v) is 10.6. The number of halogens is 2. The van der Waals surface area contributed by atoms with Gasteiger partial charge in [-0.1, -0.05) is 23.7 Å². The first-order valence-corrected chi connectivity index (χ1v) is 6.08. The molecule has 0 unspecified atom stereocenters. The number of fused-ring (bicyclic) bond motifs is 1. The van der Waals surface area contributed by atoms with Gasteiger partial charge in [-0.15, -0.1) is 0 Å². The molecule has 0 aliphatic heterocycles. The Morgan fingerprint density at radius 3 is 2.63 bits per heavy atom. The van der Waals surface area contributed by atoms with Crippen molar-refractivity contribution in [1.29, 1.82) is 0 Å². The lowest BCUT2D eigenvalue weighted by Crippen LogP contribution is -1.74. The highest BCUT2D eigenvalue weighted by molar-refractivity contribution is 6.31. The molecule has 0 saturated heterocycles. The molecule has 0 fully saturated rings. The molecule has 0 atom stereocenters. The Morgan fingerprint density at radius 1 is 1.05 bits per heavy atom. The zero-order valence-electron chi connectivity index (χ0n) is 9.81. The summed E-state index contributed by atoms with van der Waals surface area (Å²) in [7, 11) is 0. The van der Waals surface area contributed by atoms with Gasteiger partial charge in [0.15, 0.2) is 5.58 Å². The van der Waals surface area contributed by atoms with Gasteiger partial charge in [0.1, 0.15) is 11.3 Å². The predicted octanol–water partition coefficient (Wildman–Crippen LogP) is 4.79. The third-order valence-corrected chi connectivity index (χ3v) is 2.89. The number of nitrogens with zero attached hydrogens (tertiary/aromatic N) is 1. The standard InChI is InChI=1S/C15H9ClFNO/c16-11-4-7-14-13(9-11)18-15(19-14)8-3-10-1-5-12(17)6-2-10/h1-9H. The lowest BCUT2D eigenvalue weighted by atomic mass is 10.2. The molecule has 4 heteroatoms. The van der Waals surface area contributed by atoms with Crippen LogP contribution >= 0.6 is 11.6 Å². The lowest BCUT2D eigenvalue weighted by molar-refractivity contribution is 0.590.